The Bertz CT molecular complexity index is 517. The Balaban J connectivity index is 2.41. The number of hydrogen-bond acceptors (Lipinski definition) is 2. The summed E-state index contributed by atoms with van der Waals surface area (Å²) >= 11 is 0. The van der Waals surface area contributed by atoms with E-state index >= 15 is 0 Å². The van der Waals surface area contributed by atoms with Crippen LogP contribution in [0, 0.1) is 5.92 Å². The van der Waals surface area contributed by atoms with Crippen LogP contribution in [0.1, 0.15) is 12.5 Å². The summed E-state index contributed by atoms with van der Waals surface area (Å²) in [5.41, 5.74) is 1.96. The molecule has 1 atom stereocenters. The molecule has 2 rings (SSSR count). The second-order valence-corrected chi connectivity index (χ2v) is 3.93. The van der Waals surface area contributed by atoms with E-state index in [1.54, 1.807) is 13.1 Å². The normalized spacial score (nSPS) is 12.6. The molecule has 0 spiro atoms. The number of carbonyl (C=O) groups is 1. The molecule has 0 saturated heterocycles. The molecule has 82 valence electrons. The summed E-state index contributed by atoms with van der Waals surface area (Å²) in [6.07, 6.45) is 2.27. The molecule has 1 heterocycles. The van der Waals surface area contributed by atoms with Crippen LogP contribution in [0.5, 0.6) is 0 Å². The van der Waals surface area contributed by atoms with Crippen molar-refractivity contribution in [2.45, 2.75) is 13.3 Å². The molecule has 0 aliphatic carbocycles. The quantitative estimate of drug-likeness (QED) is 0.855. The molecule has 3 heteroatoms. The molecule has 0 aliphatic heterocycles. The Hall–Kier alpha value is -1.90. The summed E-state index contributed by atoms with van der Waals surface area (Å²) in [6.45, 7) is 1.72. The summed E-state index contributed by atoms with van der Waals surface area (Å²) in [5.74, 6) is -1.13. The zero-order chi connectivity index (χ0) is 11.5. The highest BCUT2D eigenvalue weighted by atomic mass is 16.4. The van der Waals surface area contributed by atoms with Crippen molar-refractivity contribution in [3.63, 3.8) is 0 Å². The third-order valence-electron chi connectivity index (χ3n) is 2.69. The van der Waals surface area contributed by atoms with Crippen molar-refractivity contribution in [3.8, 4) is 0 Å². The summed E-state index contributed by atoms with van der Waals surface area (Å²) in [5, 5.41) is 9.94. The maximum absolute atomic E-state index is 10.8. The molecule has 0 amide bonds. The minimum absolute atomic E-state index is 0.370. The molecule has 0 saturated carbocycles. The molecular formula is C13H13NO2. The van der Waals surface area contributed by atoms with Crippen LogP contribution in [-0.2, 0) is 11.2 Å². The second kappa shape index (κ2) is 4.31. The number of fused-ring (bicyclic) bond motifs is 1. The monoisotopic (exact) mass is 215 g/mol. The van der Waals surface area contributed by atoms with Gasteiger partial charge in [-0.25, -0.2) is 0 Å². The van der Waals surface area contributed by atoms with Gasteiger partial charge in [0.05, 0.1) is 11.4 Å². The Labute approximate surface area is 93.7 Å². The van der Waals surface area contributed by atoms with Crippen molar-refractivity contribution >= 4 is 16.9 Å². The number of aromatic nitrogens is 1. The second-order valence-electron chi connectivity index (χ2n) is 3.93. The fourth-order valence-corrected chi connectivity index (χ4v) is 1.75. The van der Waals surface area contributed by atoms with Gasteiger partial charge in [0, 0.05) is 11.6 Å². The zero-order valence-electron chi connectivity index (χ0n) is 9.05. The average Bonchev–Trinajstić information content (AvgIpc) is 2.29. The number of benzene rings is 1. The van der Waals surface area contributed by atoms with Gasteiger partial charge in [0.25, 0.3) is 0 Å². The fraction of sp³-hybridized carbons (Fsp3) is 0.231. The number of hydrogen-bond donors (Lipinski definition) is 1. The largest absolute Gasteiger partial charge is 0.481 e. The number of carboxylic acid groups (broad SMARTS) is 1. The van der Waals surface area contributed by atoms with Crippen LogP contribution < -0.4 is 0 Å². The van der Waals surface area contributed by atoms with Gasteiger partial charge >= 0.3 is 5.97 Å². The van der Waals surface area contributed by atoms with Crippen LogP contribution >= 0.6 is 0 Å². The summed E-state index contributed by atoms with van der Waals surface area (Å²) < 4.78 is 0. The third kappa shape index (κ3) is 2.03. The molecule has 1 aromatic heterocycles. The maximum atomic E-state index is 10.8. The number of carboxylic acids is 1. The molecule has 0 bridgehead atoms. The molecule has 0 aliphatic rings. The van der Waals surface area contributed by atoms with E-state index in [1.165, 1.54) is 0 Å². The van der Waals surface area contributed by atoms with Gasteiger partial charge in [-0.05, 0) is 24.1 Å². The predicted octanol–water partition coefficient (Wildman–Crippen LogP) is 2.50. The lowest BCUT2D eigenvalue weighted by Crippen LogP contribution is -2.12. The van der Waals surface area contributed by atoms with Crippen molar-refractivity contribution in [2.24, 2.45) is 5.92 Å². The summed E-state index contributed by atoms with van der Waals surface area (Å²) in [4.78, 5) is 15.1. The minimum Gasteiger partial charge on any atom is -0.481 e. The first-order valence-corrected chi connectivity index (χ1v) is 5.24. The van der Waals surface area contributed by atoms with E-state index in [2.05, 4.69) is 4.98 Å². The molecule has 16 heavy (non-hydrogen) atoms. The van der Waals surface area contributed by atoms with E-state index in [-0.39, 0.29) is 5.92 Å². The van der Waals surface area contributed by atoms with E-state index in [0.29, 0.717) is 6.42 Å². The molecule has 1 N–H and O–H groups in total. The average molecular weight is 215 g/mol. The standard InChI is InChI=1S/C13H13NO2/c1-9(13(15)16)8-10-6-7-14-12-5-3-2-4-11(10)12/h2-7,9H,8H2,1H3,(H,15,16)/t9-/m0/s1. The van der Waals surface area contributed by atoms with Gasteiger partial charge in [-0.3, -0.25) is 9.78 Å². The van der Waals surface area contributed by atoms with Gasteiger partial charge in [0.15, 0.2) is 0 Å². The van der Waals surface area contributed by atoms with E-state index < -0.39 is 5.97 Å². The van der Waals surface area contributed by atoms with Crippen molar-refractivity contribution in [2.75, 3.05) is 0 Å². The molecule has 0 fully saturated rings. The van der Waals surface area contributed by atoms with Gasteiger partial charge in [-0.2, -0.15) is 0 Å². The zero-order valence-corrected chi connectivity index (χ0v) is 9.05. The van der Waals surface area contributed by atoms with Gasteiger partial charge in [-0.1, -0.05) is 25.1 Å². The SMILES string of the molecule is C[C@@H](Cc1ccnc2ccccc12)C(=O)O. The maximum Gasteiger partial charge on any atom is 0.306 e. The van der Waals surface area contributed by atoms with Crippen LogP contribution in [0.25, 0.3) is 10.9 Å². The molecule has 2 aromatic rings. The molecular weight excluding hydrogens is 202 g/mol. The predicted molar refractivity (Wildman–Crippen MR) is 62.2 cm³/mol. The lowest BCUT2D eigenvalue weighted by Gasteiger charge is -2.08. The highest BCUT2D eigenvalue weighted by molar-refractivity contribution is 5.82. The Morgan fingerprint density at radius 2 is 2.12 bits per heavy atom. The Morgan fingerprint density at radius 3 is 2.88 bits per heavy atom. The first-order chi connectivity index (χ1) is 7.68. The van der Waals surface area contributed by atoms with Crippen molar-refractivity contribution in [1.29, 1.82) is 0 Å². The lowest BCUT2D eigenvalue weighted by atomic mass is 9.98. The topological polar surface area (TPSA) is 50.2 Å². The minimum atomic E-state index is -0.763. The van der Waals surface area contributed by atoms with E-state index in [0.717, 1.165) is 16.5 Å². The van der Waals surface area contributed by atoms with Gasteiger partial charge < -0.3 is 5.11 Å². The van der Waals surface area contributed by atoms with Crippen LogP contribution in [0.3, 0.4) is 0 Å². The number of rotatable bonds is 3. The van der Waals surface area contributed by atoms with Gasteiger partial charge in [0.1, 0.15) is 0 Å². The van der Waals surface area contributed by atoms with E-state index in [1.807, 2.05) is 30.3 Å². The van der Waals surface area contributed by atoms with Crippen LogP contribution in [0.15, 0.2) is 36.5 Å². The molecule has 1 aromatic carbocycles. The first kappa shape index (κ1) is 10.6. The summed E-state index contributed by atoms with van der Waals surface area (Å²) in [7, 11) is 0. The first-order valence-electron chi connectivity index (χ1n) is 5.24. The third-order valence-corrected chi connectivity index (χ3v) is 2.69. The van der Waals surface area contributed by atoms with Crippen molar-refractivity contribution in [3.05, 3.63) is 42.1 Å². The number of aliphatic carboxylic acids is 1. The van der Waals surface area contributed by atoms with E-state index in [4.69, 9.17) is 5.11 Å². The summed E-state index contributed by atoms with van der Waals surface area (Å²) in [6, 6.07) is 9.68. The van der Waals surface area contributed by atoms with Crippen molar-refractivity contribution in [1.82, 2.24) is 4.98 Å². The highest BCUT2D eigenvalue weighted by Crippen LogP contribution is 2.19. The van der Waals surface area contributed by atoms with Crippen LogP contribution in [0.4, 0.5) is 0 Å². The number of para-hydroxylation sites is 1. The molecule has 0 unspecified atom stereocenters. The van der Waals surface area contributed by atoms with Gasteiger partial charge in [-0.15, -0.1) is 0 Å². The molecule has 0 radical (unpaired) electrons. The number of nitrogens with zero attached hydrogens (tertiary/aromatic N) is 1. The van der Waals surface area contributed by atoms with E-state index in [9.17, 15) is 4.79 Å². The smallest absolute Gasteiger partial charge is 0.306 e. The lowest BCUT2D eigenvalue weighted by molar-refractivity contribution is -0.141. The Morgan fingerprint density at radius 1 is 1.38 bits per heavy atom. The fourth-order valence-electron chi connectivity index (χ4n) is 1.75. The van der Waals surface area contributed by atoms with Crippen LogP contribution in [0.2, 0.25) is 0 Å². The van der Waals surface area contributed by atoms with Gasteiger partial charge in [0.2, 0.25) is 0 Å². The molecule has 3 nitrogen and oxygen atoms in total. The highest BCUT2D eigenvalue weighted by Gasteiger charge is 2.13. The van der Waals surface area contributed by atoms with Crippen molar-refractivity contribution < 1.29 is 9.90 Å². The number of pyridine rings is 1. The Kier molecular flexibility index (Phi) is 2.86. The van der Waals surface area contributed by atoms with Crippen LogP contribution in [-0.4, -0.2) is 16.1 Å².